The van der Waals surface area contributed by atoms with E-state index in [0.717, 1.165) is 5.92 Å². The third kappa shape index (κ3) is 4.52. The molecule has 6 heteroatoms. The highest BCUT2D eigenvalue weighted by molar-refractivity contribution is 6.60. The van der Waals surface area contributed by atoms with Gasteiger partial charge in [-0.1, -0.05) is 19.8 Å². The second-order valence-electron chi connectivity index (χ2n) is 7.65. The van der Waals surface area contributed by atoms with E-state index >= 15 is 0 Å². The maximum absolute atomic E-state index is 5.53. The first-order chi connectivity index (χ1) is 10.2. The van der Waals surface area contributed by atoms with Crippen molar-refractivity contribution in [3.63, 3.8) is 0 Å². The van der Waals surface area contributed by atoms with Crippen molar-refractivity contribution in [3.8, 4) is 0 Å². The molecule has 0 atom stereocenters. The van der Waals surface area contributed by atoms with Crippen LogP contribution in [0.3, 0.4) is 0 Å². The minimum absolute atomic E-state index is 0.0942. The van der Waals surface area contributed by atoms with Crippen LogP contribution in [0.4, 0.5) is 0 Å². The summed E-state index contributed by atoms with van der Waals surface area (Å²) in [7, 11) is 2.36. The fourth-order valence-electron chi connectivity index (χ4n) is 4.17. The Kier molecular flexibility index (Phi) is 7.04. The zero-order valence-corrected chi connectivity index (χ0v) is 16.8. The third-order valence-electron chi connectivity index (χ3n) is 4.87. The molecule has 0 spiro atoms. The van der Waals surface area contributed by atoms with Crippen LogP contribution in [-0.4, -0.2) is 52.4 Å². The minimum Gasteiger partial charge on any atom is -0.376 e. The summed E-state index contributed by atoms with van der Waals surface area (Å²) in [6.07, 6.45) is 5.57. The third-order valence-corrected chi connectivity index (χ3v) is 7.33. The molecule has 0 radical (unpaired) electrons. The van der Waals surface area contributed by atoms with Crippen LogP contribution in [-0.2, 0) is 13.3 Å². The highest BCUT2D eigenvalue weighted by Gasteiger charge is 2.47. The number of nitrogens with zero attached hydrogens (tertiary/aromatic N) is 1. The van der Waals surface area contributed by atoms with Gasteiger partial charge in [0.15, 0.2) is 0 Å². The lowest BCUT2D eigenvalue weighted by molar-refractivity contribution is -0.0911. The van der Waals surface area contributed by atoms with E-state index in [9.17, 15) is 0 Å². The molecule has 0 unspecified atom stereocenters. The maximum atomic E-state index is 5.53. The van der Waals surface area contributed by atoms with Crippen molar-refractivity contribution in [2.75, 3.05) is 27.5 Å². The first kappa shape index (κ1) is 20.1. The summed E-state index contributed by atoms with van der Waals surface area (Å²) in [4.78, 5) is 0. The summed E-state index contributed by atoms with van der Waals surface area (Å²) in [5.74, 6) is 0.794. The molecular formula is C16H36N2O3Si. The lowest BCUT2D eigenvalue weighted by Crippen LogP contribution is -2.68. The molecule has 0 aromatic rings. The van der Waals surface area contributed by atoms with Gasteiger partial charge in [-0.3, -0.25) is 0 Å². The molecule has 22 heavy (non-hydrogen) atoms. The van der Waals surface area contributed by atoms with Crippen LogP contribution in [0.25, 0.3) is 0 Å². The second kappa shape index (κ2) is 7.72. The fourth-order valence-corrected chi connectivity index (χ4v) is 5.45. The van der Waals surface area contributed by atoms with E-state index in [-0.39, 0.29) is 11.1 Å². The molecule has 0 amide bonds. The molecule has 132 valence electrons. The van der Waals surface area contributed by atoms with Crippen LogP contribution in [0.15, 0.2) is 0 Å². The Morgan fingerprint density at radius 1 is 1.00 bits per heavy atom. The topological polar surface area (TPSA) is 43.0 Å². The number of hydrogen-bond donors (Lipinski definition) is 1. The lowest BCUT2D eigenvalue weighted by atomic mass is 9.73. The van der Waals surface area contributed by atoms with Gasteiger partial charge in [0.25, 0.3) is 0 Å². The van der Waals surface area contributed by atoms with Gasteiger partial charge in [-0.2, -0.15) is 0 Å². The molecule has 1 aliphatic rings. The maximum Gasteiger partial charge on any atom is 0.516 e. The Bertz CT molecular complexity index is 320. The summed E-state index contributed by atoms with van der Waals surface area (Å²) in [6, 6.07) is 0. The van der Waals surface area contributed by atoms with Gasteiger partial charge in [-0.15, -0.1) is 0 Å². The van der Waals surface area contributed by atoms with Gasteiger partial charge in [0, 0.05) is 32.4 Å². The van der Waals surface area contributed by atoms with E-state index in [2.05, 4.69) is 45.1 Å². The molecule has 1 N–H and O–H groups in total. The van der Waals surface area contributed by atoms with Gasteiger partial charge in [-0.25, -0.2) is 10.4 Å². The summed E-state index contributed by atoms with van der Waals surface area (Å²) in [6.45, 7) is 11.6. The van der Waals surface area contributed by atoms with Gasteiger partial charge in [-0.05, 0) is 46.5 Å². The molecule has 0 saturated carbocycles. The van der Waals surface area contributed by atoms with Crippen LogP contribution in [0.5, 0.6) is 0 Å². The van der Waals surface area contributed by atoms with Crippen molar-refractivity contribution in [2.45, 2.75) is 71.4 Å². The minimum atomic E-state index is -2.61. The van der Waals surface area contributed by atoms with Crippen molar-refractivity contribution < 1.29 is 13.3 Å². The fraction of sp³-hybridized carbons (Fsp3) is 1.00. The average molecular weight is 333 g/mol. The number of hydrogen-bond acceptors (Lipinski definition) is 5. The molecule has 0 aromatic heterocycles. The Labute approximate surface area is 138 Å². The number of hydrazine groups is 1. The van der Waals surface area contributed by atoms with Crippen molar-refractivity contribution in [1.29, 1.82) is 0 Å². The van der Waals surface area contributed by atoms with E-state index in [1.165, 1.54) is 25.7 Å². The predicted octanol–water partition coefficient (Wildman–Crippen LogP) is 2.98. The Morgan fingerprint density at radius 2 is 1.45 bits per heavy atom. The predicted molar refractivity (Wildman–Crippen MR) is 92.4 cm³/mol. The SMILES string of the molecule is CCCC1CC(C)(C)N(NC[Si](OC)(OC)OC)C(C)(C)C1. The highest BCUT2D eigenvalue weighted by atomic mass is 28.4. The number of piperidine rings is 1. The van der Waals surface area contributed by atoms with Gasteiger partial charge in [0.1, 0.15) is 0 Å². The second-order valence-corrected chi connectivity index (χ2v) is 10.6. The zero-order valence-electron chi connectivity index (χ0n) is 15.8. The van der Waals surface area contributed by atoms with E-state index < -0.39 is 8.80 Å². The smallest absolute Gasteiger partial charge is 0.376 e. The summed E-state index contributed by atoms with van der Waals surface area (Å²) in [5, 5.41) is 2.39. The molecule has 1 aliphatic heterocycles. The van der Waals surface area contributed by atoms with E-state index in [4.69, 9.17) is 13.3 Å². The van der Waals surface area contributed by atoms with Gasteiger partial charge >= 0.3 is 8.80 Å². The monoisotopic (exact) mass is 332 g/mol. The molecule has 5 nitrogen and oxygen atoms in total. The first-order valence-corrected chi connectivity index (χ1v) is 10.3. The van der Waals surface area contributed by atoms with E-state index in [1.54, 1.807) is 21.3 Å². The summed E-state index contributed by atoms with van der Waals surface area (Å²) < 4.78 is 16.6. The zero-order chi connectivity index (χ0) is 17.0. The largest absolute Gasteiger partial charge is 0.516 e. The van der Waals surface area contributed by atoms with E-state index in [1.807, 2.05) is 0 Å². The van der Waals surface area contributed by atoms with Crippen LogP contribution in [0, 0.1) is 5.92 Å². The quantitative estimate of drug-likeness (QED) is 0.692. The van der Waals surface area contributed by atoms with Gasteiger partial charge in [0.05, 0.1) is 6.17 Å². The van der Waals surface area contributed by atoms with Gasteiger partial charge < -0.3 is 13.3 Å². The standard InChI is InChI=1S/C16H36N2O3Si/c1-9-10-14-11-15(2,3)18(16(4,5)12-14)17-13-22(19-6,20-7)21-8/h14,17H,9-13H2,1-8H3. The van der Waals surface area contributed by atoms with Crippen LogP contribution < -0.4 is 5.43 Å². The summed E-state index contributed by atoms with van der Waals surface area (Å²) >= 11 is 0. The molecule has 1 heterocycles. The molecule has 0 aromatic carbocycles. The van der Waals surface area contributed by atoms with Crippen molar-refractivity contribution >= 4 is 8.80 Å². The lowest BCUT2D eigenvalue weighted by Gasteiger charge is -2.55. The molecule has 0 aliphatic carbocycles. The molecule has 1 fully saturated rings. The normalized spacial score (nSPS) is 22.9. The van der Waals surface area contributed by atoms with Crippen LogP contribution in [0.1, 0.15) is 60.3 Å². The van der Waals surface area contributed by atoms with Crippen molar-refractivity contribution in [2.24, 2.45) is 5.92 Å². The van der Waals surface area contributed by atoms with Crippen molar-refractivity contribution in [1.82, 2.24) is 10.4 Å². The molecular weight excluding hydrogens is 296 g/mol. The van der Waals surface area contributed by atoms with Crippen molar-refractivity contribution in [3.05, 3.63) is 0 Å². The Balaban J connectivity index is 2.84. The van der Waals surface area contributed by atoms with Crippen LogP contribution in [0.2, 0.25) is 0 Å². The Hall–Kier alpha value is 0.0169. The summed E-state index contributed by atoms with van der Waals surface area (Å²) in [5.41, 5.74) is 3.77. The average Bonchev–Trinajstić information content (AvgIpc) is 2.42. The van der Waals surface area contributed by atoms with E-state index in [0.29, 0.717) is 6.17 Å². The molecule has 1 saturated heterocycles. The number of rotatable bonds is 8. The van der Waals surface area contributed by atoms with Gasteiger partial charge in [0.2, 0.25) is 0 Å². The molecule has 1 rings (SSSR count). The number of nitrogens with one attached hydrogen (secondary N) is 1. The molecule has 0 bridgehead atoms. The first-order valence-electron chi connectivity index (χ1n) is 8.35. The van der Waals surface area contributed by atoms with Crippen LogP contribution >= 0.6 is 0 Å². The Morgan fingerprint density at radius 3 is 1.82 bits per heavy atom. The highest BCUT2D eigenvalue weighted by Crippen LogP contribution is 2.41.